The van der Waals surface area contributed by atoms with Crippen LogP contribution in [0, 0.1) is 0 Å². The topological polar surface area (TPSA) is 124 Å². The van der Waals surface area contributed by atoms with Crippen molar-refractivity contribution in [3.8, 4) is 23.0 Å². The molecule has 0 radical (unpaired) electrons. The summed E-state index contributed by atoms with van der Waals surface area (Å²) in [5.41, 5.74) is 1.82. The average Bonchev–Trinajstić information content (AvgIpc) is 3.19. The summed E-state index contributed by atoms with van der Waals surface area (Å²) in [6, 6.07) is 26.6. The molecule has 0 saturated heterocycles. The Kier molecular flexibility index (Phi) is 13.6. The van der Waals surface area contributed by atoms with Gasteiger partial charge in [0.1, 0.15) is 24.1 Å². The lowest BCUT2D eigenvalue weighted by molar-refractivity contribution is -0.140. The fourth-order valence-electron chi connectivity index (χ4n) is 6.57. The van der Waals surface area contributed by atoms with Gasteiger partial charge in [-0.3, -0.25) is 13.9 Å². The van der Waals surface area contributed by atoms with Crippen LogP contribution in [0.5, 0.6) is 23.0 Å². The van der Waals surface area contributed by atoms with Crippen LogP contribution in [0.4, 0.5) is 5.69 Å². The van der Waals surface area contributed by atoms with Crippen molar-refractivity contribution in [2.24, 2.45) is 0 Å². The average molecular weight is 744 g/mol. The highest BCUT2D eigenvalue weighted by atomic mass is 32.2. The van der Waals surface area contributed by atoms with Gasteiger partial charge in [-0.2, -0.15) is 0 Å². The van der Waals surface area contributed by atoms with Gasteiger partial charge in [0.25, 0.3) is 10.0 Å². The molecule has 0 unspecified atom stereocenters. The normalized spacial score (nSPS) is 13.7. The summed E-state index contributed by atoms with van der Waals surface area (Å²) >= 11 is 0. The largest absolute Gasteiger partial charge is 0.497 e. The zero-order valence-corrected chi connectivity index (χ0v) is 31.6. The molecule has 0 aromatic heterocycles. The quantitative estimate of drug-likeness (QED) is 0.132. The van der Waals surface area contributed by atoms with Gasteiger partial charge in [0.05, 0.1) is 38.5 Å². The molecule has 1 saturated carbocycles. The van der Waals surface area contributed by atoms with Crippen molar-refractivity contribution in [1.82, 2.24) is 10.2 Å². The molecular formula is C41H49N3O8S. The summed E-state index contributed by atoms with van der Waals surface area (Å²) in [5, 5.41) is 3.24. The molecule has 53 heavy (non-hydrogen) atoms. The Morgan fingerprint density at radius 3 is 2.13 bits per heavy atom. The lowest BCUT2D eigenvalue weighted by atomic mass is 9.94. The van der Waals surface area contributed by atoms with Gasteiger partial charge in [0.2, 0.25) is 11.8 Å². The Balaban J connectivity index is 1.59. The van der Waals surface area contributed by atoms with Crippen molar-refractivity contribution >= 4 is 27.5 Å². The summed E-state index contributed by atoms with van der Waals surface area (Å²) in [4.78, 5) is 30.7. The third-order valence-corrected chi connectivity index (χ3v) is 11.1. The molecule has 1 atom stereocenters. The molecule has 12 heteroatoms. The van der Waals surface area contributed by atoms with Crippen molar-refractivity contribution < 1.29 is 37.0 Å². The Morgan fingerprint density at radius 2 is 1.47 bits per heavy atom. The van der Waals surface area contributed by atoms with Crippen LogP contribution < -0.4 is 28.6 Å². The highest BCUT2D eigenvalue weighted by Gasteiger charge is 2.36. The summed E-state index contributed by atoms with van der Waals surface area (Å²) in [7, 11) is 0.0563. The molecule has 1 N–H and O–H groups in total. The van der Waals surface area contributed by atoms with Crippen molar-refractivity contribution in [2.75, 3.05) is 38.8 Å². The lowest BCUT2D eigenvalue weighted by Crippen LogP contribution is -2.55. The molecule has 0 bridgehead atoms. The number of rotatable bonds is 17. The molecule has 11 nitrogen and oxygen atoms in total. The van der Waals surface area contributed by atoms with Crippen molar-refractivity contribution in [3.05, 3.63) is 108 Å². The smallest absolute Gasteiger partial charge is 0.264 e. The number of carbonyl (C=O) groups excluding carboxylic acids is 2. The van der Waals surface area contributed by atoms with Gasteiger partial charge in [-0.1, -0.05) is 61.7 Å². The number of amides is 2. The summed E-state index contributed by atoms with van der Waals surface area (Å²) in [5.74, 6) is 0.861. The van der Waals surface area contributed by atoms with E-state index in [9.17, 15) is 18.0 Å². The Morgan fingerprint density at radius 1 is 0.774 bits per heavy atom. The highest BCUT2D eigenvalue weighted by molar-refractivity contribution is 7.92. The fourth-order valence-corrected chi connectivity index (χ4v) is 8.00. The Labute approximate surface area is 312 Å². The van der Waals surface area contributed by atoms with Gasteiger partial charge in [0, 0.05) is 25.1 Å². The van der Waals surface area contributed by atoms with Crippen LogP contribution >= 0.6 is 0 Å². The number of anilines is 1. The zero-order chi connectivity index (χ0) is 37.8. The molecule has 282 valence electrons. The van der Waals surface area contributed by atoms with Crippen LogP contribution in [0.15, 0.2) is 102 Å². The first-order valence-electron chi connectivity index (χ1n) is 17.9. The molecule has 0 spiro atoms. The first-order valence-corrected chi connectivity index (χ1v) is 19.3. The minimum absolute atomic E-state index is 0.00548. The van der Waals surface area contributed by atoms with E-state index in [1.165, 1.54) is 37.3 Å². The van der Waals surface area contributed by atoms with Gasteiger partial charge >= 0.3 is 0 Å². The van der Waals surface area contributed by atoms with Crippen LogP contribution in [0.2, 0.25) is 0 Å². The standard InChI is InChI=1S/C41H49N3O8S/c1-5-52-34-21-19-33(20-22-34)44(53(47,48)36-23-24-38(50-3)39(27-36)51-4)29-40(45)43(28-31-15-12-18-35(25-31)49-2)37(26-30-13-8-6-9-14-30)41(46)42-32-16-10-7-11-17-32/h6,8-9,12-15,18-25,27,32,37H,5,7,10-11,16-17,26,28-29H2,1-4H3,(H,42,46)/t37-/m0/s1. The summed E-state index contributed by atoms with van der Waals surface area (Å²) < 4.78 is 52.1. The maximum atomic E-state index is 14.9. The number of nitrogens with one attached hydrogen (secondary N) is 1. The number of carbonyl (C=O) groups is 2. The molecule has 4 aromatic carbocycles. The van der Waals surface area contributed by atoms with Crippen molar-refractivity contribution in [3.63, 3.8) is 0 Å². The van der Waals surface area contributed by atoms with Crippen LogP contribution in [-0.2, 0) is 32.6 Å². The second-order valence-corrected chi connectivity index (χ2v) is 14.7. The number of nitrogens with zero attached hydrogens (tertiary/aromatic N) is 2. The number of methoxy groups -OCH3 is 3. The van der Waals surface area contributed by atoms with Gasteiger partial charge < -0.3 is 29.2 Å². The van der Waals surface area contributed by atoms with Gasteiger partial charge in [-0.15, -0.1) is 0 Å². The van der Waals surface area contributed by atoms with Crippen molar-refractivity contribution in [2.45, 2.75) is 69.0 Å². The number of hydrogen-bond donors (Lipinski definition) is 1. The molecule has 1 aliphatic rings. The Hall–Kier alpha value is -5.23. The van der Waals surface area contributed by atoms with Crippen LogP contribution in [0.3, 0.4) is 0 Å². The van der Waals surface area contributed by atoms with E-state index in [0.717, 1.165) is 47.5 Å². The highest BCUT2D eigenvalue weighted by Crippen LogP contribution is 2.33. The molecule has 1 fully saturated rings. The molecule has 4 aromatic rings. The maximum Gasteiger partial charge on any atom is 0.264 e. The van der Waals surface area contributed by atoms with Crippen LogP contribution in [-0.4, -0.2) is 71.7 Å². The minimum Gasteiger partial charge on any atom is -0.497 e. The van der Waals surface area contributed by atoms with Gasteiger partial charge in [0.15, 0.2) is 11.5 Å². The SMILES string of the molecule is CCOc1ccc(N(CC(=O)N(Cc2cccc(OC)c2)[C@@H](Cc2ccccc2)C(=O)NC2CCCCC2)S(=O)(=O)c2ccc(OC)c(OC)c2)cc1. The third-order valence-electron chi connectivity index (χ3n) is 9.37. The van der Waals surface area contributed by atoms with E-state index >= 15 is 0 Å². The number of ether oxygens (including phenoxy) is 4. The second-order valence-electron chi connectivity index (χ2n) is 12.9. The van der Waals surface area contributed by atoms with Gasteiger partial charge in [-0.05, 0) is 79.4 Å². The molecule has 0 heterocycles. The van der Waals surface area contributed by atoms with Crippen LogP contribution in [0.25, 0.3) is 0 Å². The van der Waals surface area contributed by atoms with E-state index in [-0.39, 0.29) is 41.2 Å². The summed E-state index contributed by atoms with van der Waals surface area (Å²) in [6.07, 6.45) is 5.11. The number of benzene rings is 4. The predicted molar refractivity (Wildman–Crippen MR) is 204 cm³/mol. The fraction of sp³-hybridized carbons (Fsp3) is 0.366. The van der Waals surface area contributed by atoms with Crippen molar-refractivity contribution in [1.29, 1.82) is 0 Å². The minimum atomic E-state index is -4.39. The Bertz CT molecular complexity index is 1920. The van der Waals surface area contributed by atoms with E-state index in [0.29, 0.717) is 23.9 Å². The molecule has 2 amide bonds. The zero-order valence-electron chi connectivity index (χ0n) is 30.8. The number of hydrogen-bond acceptors (Lipinski definition) is 8. The first kappa shape index (κ1) is 39.0. The predicted octanol–water partition coefficient (Wildman–Crippen LogP) is 6.40. The first-order chi connectivity index (χ1) is 25.7. The van der Waals surface area contributed by atoms with E-state index in [1.54, 1.807) is 37.4 Å². The maximum absolute atomic E-state index is 14.9. The summed E-state index contributed by atoms with van der Waals surface area (Å²) in [6.45, 7) is 1.71. The van der Waals surface area contributed by atoms with E-state index in [4.69, 9.17) is 18.9 Å². The monoisotopic (exact) mass is 743 g/mol. The second kappa shape index (κ2) is 18.5. The van der Waals surface area contributed by atoms with E-state index in [2.05, 4.69) is 5.32 Å². The molecular weight excluding hydrogens is 695 g/mol. The van der Waals surface area contributed by atoms with E-state index in [1.807, 2.05) is 55.5 Å². The number of sulfonamides is 1. The molecule has 1 aliphatic carbocycles. The van der Waals surface area contributed by atoms with E-state index < -0.39 is 28.5 Å². The molecule has 0 aliphatic heterocycles. The lowest BCUT2D eigenvalue weighted by Gasteiger charge is -2.35. The van der Waals surface area contributed by atoms with Crippen LogP contribution in [0.1, 0.15) is 50.2 Å². The third kappa shape index (κ3) is 10.0. The molecule has 5 rings (SSSR count). The van der Waals surface area contributed by atoms with Gasteiger partial charge in [-0.25, -0.2) is 8.42 Å².